The van der Waals surface area contributed by atoms with Gasteiger partial charge in [0, 0.05) is 6.07 Å². The van der Waals surface area contributed by atoms with E-state index < -0.39 is 21.8 Å². The lowest BCUT2D eigenvalue weighted by Crippen LogP contribution is -2.16. The van der Waals surface area contributed by atoms with Crippen molar-refractivity contribution in [3.05, 3.63) is 53.8 Å². The van der Waals surface area contributed by atoms with E-state index in [0.29, 0.717) is 0 Å². The molecule has 0 bridgehead atoms. The first-order valence-electron chi connectivity index (χ1n) is 6.42. The van der Waals surface area contributed by atoms with Gasteiger partial charge in [0.2, 0.25) is 0 Å². The molecule has 0 saturated carbocycles. The van der Waals surface area contributed by atoms with Crippen LogP contribution in [0.15, 0.2) is 47.4 Å². The minimum atomic E-state index is -4.03. The Morgan fingerprint density at radius 3 is 2.48 bits per heavy atom. The number of anilines is 1. The normalized spacial score (nSPS) is 10.9. The highest BCUT2D eigenvalue weighted by atomic mass is 32.2. The Morgan fingerprint density at radius 2 is 1.83 bits per heavy atom. The summed E-state index contributed by atoms with van der Waals surface area (Å²) in [5, 5.41) is 0. The number of esters is 1. The Bertz CT molecular complexity index is 836. The number of benzene rings is 2. The van der Waals surface area contributed by atoms with E-state index in [4.69, 9.17) is 4.74 Å². The van der Waals surface area contributed by atoms with Crippen LogP contribution in [-0.4, -0.2) is 28.6 Å². The van der Waals surface area contributed by atoms with Gasteiger partial charge in [-0.25, -0.2) is 17.6 Å². The van der Waals surface area contributed by atoms with E-state index in [0.717, 1.165) is 18.2 Å². The van der Waals surface area contributed by atoms with Crippen molar-refractivity contribution >= 4 is 21.7 Å². The molecule has 8 heteroatoms. The third kappa shape index (κ3) is 3.59. The highest BCUT2D eigenvalue weighted by molar-refractivity contribution is 7.92. The van der Waals surface area contributed by atoms with Gasteiger partial charge in [0.25, 0.3) is 10.0 Å². The van der Waals surface area contributed by atoms with Gasteiger partial charge in [0.1, 0.15) is 0 Å². The van der Waals surface area contributed by atoms with Crippen molar-refractivity contribution < 1.29 is 27.1 Å². The maximum absolute atomic E-state index is 13.4. The summed E-state index contributed by atoms with van der Waals surface area (Å²) in [5.74, 6) is -1.56. The minimum absolute atomic E-state index is 0.0580. The number of para-hydroxylation sites is 1. The van der Waals surface area contributed by atoms with Crippen LogP contribution in [0.5, 0.6) is 5.75 Å². The molecule has 0 saturated heterocycles. The third-order valence-electron chi connectivity index (χ3n) is 3.01. The fraction of sp³-hybridized carbons (Fsp3) is 0.133. The number of hydrogen-bond acceptors (Lipinski definition) is 5. The molecule has 122 valence electrons. The molecule has 2 aromatic rings. The molecule has 23 heavy (non-hydrogen) atoms. The zero-order valence-corrected chi connectivity index (χ0v) is 13.2. The molecule has 0 atom stereocenters. The lowest BCUT2D eigenvalue weighted by molar-refractivity contribution is 0.0602. The van der Waals surface area contributed by atoms with Crippen LogP contribution in [0.3, 0.4) is 0 Å². The van der Waals surface area contributed by atoms with Gasteiger partial charge in [-0.2, -0.15) is 0 Å². The van der Waals surface area contributed by atoms with Crippen LogP contribution < -0.4 is 9.46 Å². The van der Waals surface area contributed by atoms with E-state index in [-0.39, 0.29) is 21.9 Å². The topological polar surface area (TPSA) is 81.7 Å². The van der Waals surface area contributed by atoms with E-state index in [1.165, 1.54) is 26.4 Å². The lowest BCUT2D eigenvalue weighted by Gasteiger charge is -2.12. The fourth-order valence-electron chi connectivity index (χ4n) is 1.87. The number of methoxy groups -OCH3 is 2. The zero-order chi connectivity index (χ0) is 17.0. The number of halogens is 1. The molecule has 0 spiro atoms. The van der Waals surface area contributed by atoms with Crippen LogP contribution in [0.4, 0.5) is 10.1 Å². The molecule has 0 amide bonds. The second kappa shape index (κ2) is 6.66. The largest absolute Gasteiger partial charge is 0.494 e. The third-order valence-corrected chi connectivity index (χ3v) is 4.37. The van der Waals surface area contributed by atoms with Crippen molar-refractivity contribution in [2.24, 2.45) is 0 Å². The molecule has 1 N–H and O–H groups in total. The monoisotopic (exact) mass is 339 g/mol. The number of carbonyl (C=O) groups excluding carboxylic acids is 1. The van der Waals surface area contributed by atoms with Crippen LogP contribution in [0.2, 0.25) is 0 Å². The highest BCUT2D eigenvalue weighted by Gasteiger charge is 2.20. The van der Waals surface area contributed by atoms with E-state index in [2.05, 4.69) is 9.46 Å². The summed E-state index contributed by atoms with van der Waals surface area (Å²) in [6.45, 7) is 0. The summed E-state index contributed by atoms with van der Waals surface area (Å²) in [6, 6.07) is 9.12. The van der Waals surface area contributed by atoms with Crippen molar-refractivity contribution in [3.8, 4) is 5.75 Å². The van der Waals surface area contributed by atoms with Crippen molar-refractivity contribution in [2.75, 3.05) is 18.9 Å². The summed E-state index contributed by atoms with van der Waals surface area (Å²) in [6.07, 6.45) is 0. The van der Waals surface area contributed by atoms with Crippen LogP contribution in [-0.2, 0) is 14.8 Å². The van der Waals surface area contributed by atoms with Crippen LogP contribution >= 0.6 is 0 Å². The highest BCUT2D eigenvalue weighted by Crippen LogP contribution is 2.25. The van der Waals surface area contributed by atoms with E-state index in [1.807, 2.05) is 0 Å². The molecule has 2 aromatic carbocycles. The molecule has 0 fully saturated rings. The van der Waals surface area contributed by atoms with Gasteiger partial charge in [-0.1, -0.05) is 12.1 Å². The second-order valence-electron chi connectivity index (χ2n) is 4.44. The Morgan fingerprint density at radius 1 is 1.13 bits per heavy atom. The van der Waals surface area contributed by atoms with Crippen molar-refractivity contribution in [1.29, 1.82) is 0 Å². The van der Waals surface area contributed by atoms with Gasteiger partial charge in [-0.3, -0.25) is 4.72 Å². The molecule has 0 aliphatic heterocycles. The summed E-state index contributed by atoms with van der Waals surface area (Å²) >= 11 is 0. The van der Waals surface area contributed by atoms with Gasteiger partial charge >= 0.3 is 5.97 Å². The molecular formula is C15H14FNO5S. The lowest BCUT2D eigenvalue weighted by atomic mass is 10.2. The van der Waals surface area contributed by atoms with E-state index in [9.17, 15) is 17.6 Å². The smallest absolute Gasteiger partial charge is 0.339 e. The summed E-state index contributed by atoms with van der Waals surface area (Å²) < 4.78 is 49.9. The Kier molecular flexibility index (Phi) is 4.85. The molecule has 6 nitrogen and oxygen atoms in total. The molecule has 0 heterocycles. The van der Waals surface area contributed by atoms with Gasteiger partial charge in [-0.15, -0.1) is 0 Å². The Hall–Kier alpha value is -2.61. The standard InChI is InChI=1S/C15H14FNO5S/c1-21-14-9-10(7-8-12(14)16)23(19,20)17-13-6-4-3-5-11(13)15(18)22-2/h3-9,17H,1-2H3. The molecule has 2 rings (SSSR count). The summed E-state index contributed by atoms with van der Waals surface area (Å²) in [7, 11) is -1.61. The SMILES string of the molecule is COC(=O)c1ccccc1NS(=O)(=O)c1ccc(F)c(OC)c1. The quantitative estimate of drug-likeness (QED) is 0.846. The molecule has 0 aliphatic carbocycles. The number of ether oxygens (including phenoxy) is 2. The Labute approximate surface area is 132 Å². The number of hydrogen-bond donors (Lipinski definition) is 1. The molecule has 0 aromatic heterocycles. The van der Waals surface area contributed by atoms with E-state index >= 15 is 0 Å². The van der Waals surface area contributed by atoms with Gasteiger partial charge in [0.05, 0.1) is 30.4 Å². The minimum Gasteiger partial charge on any atom is -0.494 e. The fourth-order valence-corrected chi connectivity index (χ4v) is 2.97. The van der Waals surface area contributed by atoms with Crippen molar-refractivity contribution in [2.45, 2.75) is 4.90 Å². The maximum atomic E-state index is 13.4. The van der Waals surface area contributed by atoms with Crippen molar-refractivity contribution in [3.63, 3.8) is 0 Å². The predicted molar refractivity (Wildman–Crippen MR) is 81.5 cm³/mol. The second-order valence-corrected chi connectivity index (χ2v) is 6.12. The zero-order valence-electron chi connectivity index (χ0n) is 12.4. The molecule has 0 aliphatic rings. The molecular weight excluding hydrogens is 325 g/mol. The number of nitrogens with one attached hydrogen (secondary N) is 1. The maximum Gasteiger partial charge on any atom is 0.339 e. The average Bonchev–Trinajstić information content (AvgIpc) is 2.54. The first kappa shape index (κ1) is 16.8. The van der Waals surface area contributed by atoms with Gasteiger partial charge < -0.3 is 9.47 Å². The van der Waals surface area contributed by atoms with Gasteiger partial charge in [0.15, 0.2) is 11.6 Å². The van der Waals surface area contributed by atoms with Gasteiger partial charge in [-0.05, 0) is 24.3 Å². The summed E-state index contributed by atoms with van der Waals surface area (Å²) in [4.78, 5) is 11.5. The predicted octanol–water partition coefficient (Wildman–Crippen LogP) is 2.42. The van der Waals surface area contributed by atoms with E-state index in [1.54, 1.807) is 12.1 Å². The first-order chi connectivity index (χ1) is 10.9. The summed E-state index contributed by atoms with van der Waals surface area (Å²) in [5.41, 5.74) is 0.121. The number of rotatable bonds is 5. The van der Waals surface area contributed by atoms with Crippen molar-refractivity contribution in [1.82, 2.24) is 0 Å². The van der Waals surface area contributed by atoms with Crippen LogP contribution in [0.1, 0.15) is 10.4 Å². The Balaban J connectivity index is 2.41. The number of carbonyl (C=O) groups is 1. The molecule has 0 unspecified atom stereocenters. The van der Waals surface area contributed by atoms with Crippen LogP contribution in [0.25, 0.3) is 0 Å². The first-order valence-corrected chi connectivity index (χ1v) is 7.91. The molecule has 0 radical (unpaired) electrons. The average molecular weight is 339 g/mol. The number of sulfonamides is 1. The van der Waals surface area contributed by atoms with Crippen LogP contribution in [0, 0.1) is 5.82 Å².